The molecule has 0 aliphatic rings. The number of hydrogen-bond donors (Lipinski definition) is 2. The van der Waals surface area contributed by atoms with Crippen molar-refractivity contribution in [1.29, 1.82) is 0 Å². The van der Waals surface area contributed by atoms with Gasteiger partial charge in [0, 0.05) is 19.7 Å². The molecule has 0 bridgehead atoms. The summed E-state index contributed by atoms with van der Waals surface area (Å²) in [6, 6.07) is 9.47. The Kier molecular flexibility index (Phi) is 9.39. The summed E-state index contributed by atoms with van der Waals surface area (Å²) in [4.78, 5) is 22.9. The van der Waals surface area contributed by atoms with E-state index in [1.54, 1.807) is 0 Å². The van der Waals surface area contributed by atoms with Gasteiger partial charge in [-0.3, -0.25) is 0 Å². The zero-order valence-electron chi connectivity index (χ0n) is 15.2. The van der Waals surface area contributed by atoms with Crippen molar-refractivity contribution in [2.75, 3.05) is 26.3 Å². The highest BCUT2D eigenvalue weighted by atomic mass is 16.6. The molecule has 0 unspecified atom stereocenters. The summed E-state index contributed by atoms with van der Waals surface area (Å²) >= 11 is 0. The topological polar surface area (TPSA) is 85.9 Å². The molecule has 0 saturated carbocycles. The standard InChI is InChI=1S/C18H28N2O5/c1-18(2,3)25-17(22)19-10-7-12-23-13-11-20-16(21)24-14-15-8-5-4-6-9-15/h4-6,8-9H,7,10-14H2,1-3H3,(H,19,22)(H,20,21). The van der Waals surface area contributed by atoms with Gasteiger partial charge in [0.25, 0.3) is 0 Å². The quantitative estimate of drug-likeness (QED) is 0.668. The Morgan fingerprint density at radius 2 is 1.64 bits per heavy atom. The number of nitrogens with one attached hydrogen (secondary N) is 2. The van der Waals surface area contributed by atoms with E-state index < -0.39 is 17.8 Å². The predicted octanol–water partition coefficient (Wildman–Crippen LogP) is 2.84. The lowest BCUT2D eigenvalue weighted by Crippen LogP contribution is -2.33. The fraction of sp³-hybridized carbons (Fsp3) is 0.556. The Balaban J connectivity index is 1.93. The maximum absolute atomic E-state index is 11.5. The zero-order valence-corrected chi connectivity index (χ0v) is 15.2. The van der Waals surface area contributed by atoms with Gasteiger partial charge in [-0.2, -0.15) is 0 Å². The van der Waals surface area contributed by atoms with Gasteiger partial charge in [-0.1, -0.05) is 30.3 Å². The van der Waals surface area contributed by atoms with Crippen molar-refractivity contribution >= 4 is 12.2 Å². The minimum atomic E-state index is -0.499. The minimum Gasteiger partial charge on any atom is -0.445 e. The molecule has 0 atom stereocenters. The lowest BCUT2D eigenvalue weighted by Gasteiger charge is -2.19. The molecule has 0 radical (unpaired) electrons. The molecule has 7 nitrogen and oxygen atoms in total. The highest BCUT2D eigenvalue weighted by Gasteiger charge is 2.15. The molecule has 25 heavy (non-hydrogen) atoms. The van der Waals surface area contributed by atoms with E-state index in [-0.39, 0.29) is 6.61 Å². The monoisotopic (exact) mass is 352 g/mol. The fourth-order valence-corrected chi connectivity index (χ4v) is 1.78. The number of ether oxygens (including phenoxy) is 3. The van der Waals surface area contributed by atoms with E-state index >= 15 is 0 Å². The van der Waals surface area contributed by atoms with Gasteiger partial charge >= 0.3 is 12.2 Å². The van der Waals surface area contributed by atoms with Gasteiger partial charge in [0.05, 0.1) is 6.61 Å². The summed E-state index contributed by atoms with van der Waals surface area (Å²) in [6.07, 6.45) is -0.244. The predicted molar refractivity (Wildman–Crippen MR) is 94.3 cm³/mol. The largest absolute Gasteiger partial charge is 0.445 e. The van der Waals surface area contributed by atoms with Gasteiger partial charge in [-0.25, -0.2) is 9.59 Å². The molecule has 0 spiro atoms. The number of benzene rings is 1. The Morgan fingerprint density at radius 1 is 0.960 bits per heavy atom. The van der Waals surface area contributed by atoms with Gasteiger partial charge in [-0.05, 0) is 32.8 Å². The molecular weight excluding hydrogens is 324 g/mol. The van der Waals surface area contributed by atoms with E-state index in [0.29, 0.717) is 32.7 Å². The first-order valence-electron chi connectivity index (χ1n) is 8.36. The van der Waals surface area contributed by atoms with Crippen LogP contribution in [0.25, 0.3) is 0 Å². The summed E-state index contributed by atoms with van der Waals surface area (Å²) < 4.78 is 15.6. The van der Waals surface area contributed by atoms with Gasteiger partial charge in [0.2, 0.25) is 0 Å². The van der Waals surface area contributed by atoms with E-state index in [0.717, 1.165) is 5.56 Å². The summed E-state index contributed by atoms with van der Waals surface area (Å²) in [5, 5.41) is 5.26. The Bertz CT molecular complexity index is 514. The normalized spacial score (nSPS) is 10.8. The lowest BCUT2D eigenvalue weighted by molar-refractivity contribution is 0.0519. The molecule has 0 saturated heterocycles. The SMILES string of the molecule is CC(C)(C)OC(=O)NCCCOCCNC(=O)OCc1ccccc1. The highest BCUT2D eigenvalue weighted by molar-refractivity contribution is 5.67. The number of rotatable bonds is 9. The van der Waals surface area contributed by atoms with Gasteiger partial charge in [0.1, 0.15) is 12.2 Å². The highest BCUT2D eigenvalue weighted by Crippen LogP contribution is 2.06. The van der Waals surface area contributed by atoms with Crippen LogP contribution in [0.1, 0.15) is 32.8 Å². The van der Waals surface area contributed by atoms with Crippen LogP contribution in [-0.4, -0.2) is 44.1 Å². The number of amides is 2. The van der Waals surface area contributed by atoms with Crippen LogP contribution >= 0.6 is 0 Å². The molecule has 1 aromatic rings. The zero-order chi connectivity index (χ0) is 18.5. The van der Waals surface area contributed by atoms with Crippen LogP contribution in [0.15, 0.2) is 30.3 Å². The Morgan fingerprint density at radius 3 is 2.32 bits per heavy atom. The van der Waals surface area contributed by atoms with Crippen LogP contribution in [-0.2, 0) is 20.8 Å². The smallest absolute Gasteiger partial charge is 0.407 e. The molecule has 1 aromatic carbocycles. The molecule has 0 aromatic heterocycles. The third kappa shape index (κ3) is 11.8. The first-order chi connectivity index (χ1) is 11.9. The van der Waals surface area contributed by atoms with Crippen LogP contribution in [0.3, 0.4) is 0 Å². The summed E-state index contributed by atoms with van der Waals surface area (Å²) in [5.74, 6) is 0. The van der Waals surface area contributed by atoms with Gasteiger partial charge in [-0.15, -0.1) is 0 Å². The Hall–Kier alpha value is -2.28. The third-order valence-electron chi connectivity index (χ3n) is 2.86. The third-order valence-corrected chi connectivity index (χ3v) is 2.86. The van der Waals surface area contributed by atoms with Crippen molar-refractivity contribution in [3.05, 3.63) is 35.9 Å². The van der Waals surface area contributed by atoms with Crippen LogP contribution in [0, 0.1) is 0 Å². The molecule has 1 rings (SSSR count). The number of alkyl carbamates (subject to hydrolysis) is 2. The van der Waals surface area contributed by atoms with Crippen LogP contribution in [0.2, 0.25) is 0 Å². The molecule has 0 heterocycles. The second kappa shape index (κ2) is 11.3. The fourth-order valence-electron chi connectivity index (χ4n) is 1.78. The van der Waals surface area contributed by atoms with E-state index in [1.165, 1.54) is 0 Å². The van der Waals surface area contributed by atoms with Crippen molar-refractivity contribution in [2.45, 2.75) is 39.4 Å². The van der Waals surface area contributed by atoms with E-state index in [9.17, 15) is 9.59 Å². The molecule has 0 aliphatic carbocycles. The van der Waals surface area contributed by atoms with Gasteiger partial charge < -0.3 is 24.8 Å². The van der Waals surface area contributed by atoms with E-state index in [1.807, 2.05) is 51.1 Å². The van der Waals surface area contributed by atoms with E-state index in [4.69, 9.17) is 14.2 Å². The summed E-state index contributed by atoms with van der Waals surface area (Å²) in [7, 11) is 0. The maximum atomic E-state index is 11.5. The van der Waals surface area contributed by atoms with Crippen LogP contribution in [0.5, 0.6) is 0 Å². The van der Waals surface area contributed by atoms with Gasteiger partial charge in [0.15, 0.2) is 0 Å². The molecule has 2 amide bonds. The van der Waals surface area contributed by atoms with Crippen molar-refractivity contribution < 1.29 is 23.8 Å². The average molecular weight is 352 g/mol. The number of carbonyl (C=O) groups is 2. The summed E-state index contributed by atoms with van der Waals surface area (Å²) in [5.41, 5.74) is 0.438. The van der Waals surface area contributed by atoms with Crippen molar-refractivity contribution in [1.82, 2.24) is 10.6 Å². The number of hydrogen-bond acceptors (Lipinski definition) is 5. The molecule has 140 valence electrons. The molecular formula is C18H28N2O5. The maximum Gasteiger partial charge on any atom is 0.407 e. The molecule has 7 heteroatoms. The number of carbonyl (C=O) groups excluding carboxylic acids is 2. The molecule has 0 aliphatic heterocycles. The van der Waals surface area contributed by atoms with Crippen LogP contribution in [0.4, 0.5) is 9.59 Å². The average Bonchev–Trinajstić information content (AvgIpc) is 2.54. The first kappa shape index (κ1) is 20.8. The van der Waals surface area contributed by atoms with Crippen molar-refractivity contribution in [3.8, 4) is 0 Å². The van der Waals surface area contributed by atoms with Crippen molar-refractivity contribution in [3.63, 3.8) is 0 Å². The first-order valence-corrected chi connectivity index (χ1v) is 8.36. The second-order valence-electron chi connectivity index (χ2n) is 6.38. The van der Waals surface area contributed by atoms with Crippen LogP contribution < -0.4 is 10.6 Å². The second-order valence-corrected chi connectivity index (χ2v) is 6.38. The van der Waals surface area contributed by atoms with Crippen molar-refractivity contribution in [2.24, 2.45) is 0 Å². The minimum absolute atomic E-state index is 0.240. The molecule has 0 fully saturated rings. The van der Waals surface area contributed by atoms with E-state index in [2.05, 4.69) is 10.6 Å². The Labute approximate surface area is 149 Å². The summed E-state index contributed by atoms with van der Waals surface area (Å²) in [6.45, 7) is 7.39. The molecule has 2 N–H and O–H groups in total. The lowest BCUT2D eigenvalue weighted by atomic mass is 10.2.